The first kappa shape index (κ1) is 19.2. The maximum Gasteiger partial charge on any atom is 0.193 e. The molecule has 1 unspecified atom stereocenters. The summed E-state index contributed by atoms with van der Waals surface area (Å²) in [6.07, 6.45) is 2.26. The lowest BCUT2D eigenvalue weighted by Crippen LogP contribution is -2.41. The second-order valence-electron chi connectivity index (χ2n) is 6.69. The molecule has 2 heterocycles. The summed E-state index contributed by atoms with van der Waals surface area (Å²) in [5, 5.41) is 4.69. The largest absolute Gasteiger partial charge is 0.356 e. The van der Waals surface area contributed by atoms with Gasteiger partial charge in [0, 0.05) is 48.6 Å². The molecule has 0 bridgehead atoms. The molecule has 0 aliphatic carbocycles. The van der Waals surface area contributed by atoms with Crippen molar-refractivity contribution in [2.45, 2.75) is 31.6 Å². The van der Waals surface area contributed by atoms with Crippen LogP contribution in [0.4, 0.5) is 0 Å². The number of hydrogen-bond acceptors (Lipinski definition) is 4. The van der Waals surface area contributed by atoms with Gasteiger partial charge in [-0.05, 0) is 38.3 Å². The van der Waals surface area contributed by atoms with Gasteiger partial charge in [-0.3, -0.25) is 4.99 Å². The number of rotatable bonds is 6. The van der Waals surface area contributed by atoms with Crippen LogP contribution in [-0.2, 0) is 6.42 Å². The number of benzene rings is 1. The summed E-state index contributed by atoms with van der Waals surface area (Å²) in [6.45, 7) is 7.28. The molecular weight excluding hydrogens is 360 g/mol. The summed E-state index contributed by atoms with van der Waals surface area (Å²) in [7, 11) is 1.89. The van der Waals surface area contributed by atoms with Gasteiger partial charge in [0.25, 0.3) is 0 Å². The Morgan fingerprint density at radius 3 is 2.85 bits per heavy atom. The highest BCUT2D eigenvalue weighted by atomic mass is 32.2. The smallest absolute Gasteiger partial charge is 0.193 e. The molecule has 1 aliphatic heterocycles. The summed E-state index contributed by atoms with van der Waals surface area (Å²) in [6, 6.07) is 10.7. The van der Waals surface area contributed by atoms with Crippen LogP contribution >= 0.6 is 23.1 Å². The van der Waals surface area contributed by atoms with Crippen LogP contribution in [0.5, 0.6) is 0 Å². The summed E-state index contributed by atoms with van der Waals surface area (Å²) < 4.78 is 0. The Hall–Kier alpha value is -1.53. The zero-order valence-electron chi connectivity index (χ0n) is 15.9. The Labute approximate surface area is 165 Å². The molecule has 2 aromatic rings. The third-order valence-electron chi connectivity index (χ3n) is 4.66. The maximum atomic E-state index is 4.51. The van der Waals surface area contributed by atoms with Crippen LogP contribution in [0, 0.1) is 19.8 Å². The van der Waals surface area contributed by atoms with Gasteiger partial charge in [0.1, 0.15) is 0 Å². The van der Waals surface area contributed by atoms with Gasteiger partial charge in [0.05, 0.1) is 10.7 Å². The zero-order chi connectivity index (χ0) is 18.4. The minimum Gasteiger partial charge on any atom is -0.356 e. The van der Waals surface area contributed by atoms with Crippen molar-refractivity contribution in [3.05, 3.63) is 45.9 Å². The van der Waals surface area contributed by atoms with E-state index in [1.807, 2.05) is 18.8 Å². The normalized spacial score (nSPS) is 17.7. The van der Waals surface area contributed by atoms with E-state index < -0.39 is 0 Å². The van der Waals surface area contributed by atoms with E-state index in [-0.39, 0.29) is 0 Å². The SMILES string of the molecule is CN=C(NCCc1sc(C)nc1C)N1CCC(CSc2ccccc2)C1. The molecule has 140 valence electrons. The van der Waals surface area contributed by atoms with Crippen molar-refractivity contribution in [3.63, 3.8) is 0 Å². The molecule has 26 heavy (non-hydrogen) atoms. The lowest BCUT2D eigenvalue weighted by molar-refractivity contribution is 0.475. The standard InChI is InChI=1S/C20H28N4S2/c1-15-19(26-16(2)23-15)9-11-22-20(21-3)24-12-10-17(13-24)14-25-18-7-5-4-6-8-18/h4-8,17H,9-14H2,1-3H3,(H,21,22). The summed E-state index contributed by atoms with van der Waals surface area (Å²) >= 11 is 3.77. The van der Waals surface area contributed by atoms with E-state index in [2.05, 4.69) is 64.4 Å². The molecule has 1 aliphatic rings. The average molecular weight is 389 g/mol. The predicted octanol–water partition coefficient (Wildman–Crippen LogP) is 3.99. The van der Waals surface area contributed by atoms with Gasteiger partial charge < -0.3 is 10.2 Å². The van der Waals surface area contributed by atoms with Crippen molar-refractivity contribution in [1.29, 1.82) is 0 Å². The monoisotopic (exact) mass is 388 g/mol. The van der Waals surface area contributed by atoms with Crippen molar-refractivity contribution >= 4 is 29.1 Å². The van der Waals surface area contributed by atoms with Gasteiger partial charge in [0.15, 0.2) is 5.96 Å². The van der Waals surface area contributed by atoms with Crippen molar-refractivity contribution in [1.82, 2.24) is 15.2 Å². The average Bonchev–Trinajstić information content (AvgIpc) is 3.24. The second-order valence-corrected chi connectivity index (χ2v) is 9.07. The minimum atomic E-state index is 0.727. The highest BCUT2D eigenvalue weighted by molar-refractivity contribution is 7.99. The van der Waals surface area contributed by atoms with E-state index in [0.717, 1.165) is 42.9 Å². The molecule has 1 atom stereocenters. The Kier molecular flexibility index (Phi) is 6.97. The maximum absolute atomic E-state index is 4.51. The molecule has 0 saturated carbocycles. The van der Waals surface area contributed by atoms with Crippen LogP contribution < -0.4 is 5.32 Å². The number of thioether (sulfide) groups is 1. The Morgan fingerprint density at radius 2 is 2.15 bits per heavy atom. The van der Waals surface area contributed by atoms with Crippen LogP contribution in [0.2, 0.25) is 0 Å². The molecule has 1 aromatic heterocycles. The molecule has 1 N–H and O–H groups in total. The quantitative estimate of drug-likeness (QED) is 0.461. The van der Waals surface area contributed by atoms with Crippen molar-refractivity contribution < 1.29 is 0 Å². The van der Waals surface area contributed by atoms with Crippen LogP contribution in [0.1, 0.15) is 22.0 Å². The van der Waals surface area contributed by atoms with E-state index in [0.29, 0.717) is 0 Å². The van der Waals surface area contributed by atoms with E-state index in [1.54, 1.807) is 11.3 Å². The zero-order valence-corrected chi connectivity index (χ0v) is 17.5. The van der Waals surface area contributed by atoms with Gasteiger partial charge in [-0.25, -0.2) is 4.98 Å². The van der Waals surface area contributed by atoms with Gasteiger partial charge in [-0.15, -0.1) is 23.1 Å². The van der Waals surface area contributed by atoms with Crippen molar-refractivity contribution in [2.75, 3.05) is 32.4 Å². The van der Waals surface area contributed by atoms with Crippen LogP contribution in [0.25, 0.3) is 0 Å². The van der Waals surface area contributed by atoms with Gasteiger partial charge in [-0.2, -0.15) is 0 Å². The molecular formula is C20H28N4S2. The van der Waals surface area contributed by atoms with Crippen molar-refractivity contribution in [3.8, 4) is 0 Å². The fourth-order valence-corrected chi connectivity index (χ4v) is 5.30. The third kappa shape index (κ3) is 5.24. The van der Waals surface area contributed by atoms with E-state index in [1.165, 1.54) is 27.6 Å². The molecule has 1 saturated heterocycles. The van der Waals surface area contributed by atoms with Gasteiger partial charge >= 0.3 is 0 Å². The fourth-order valence-electron chi connectivity index (χ4n) is 3.32. The molecule has 6 heteroatoms. The lowest BCUT2D eigenvalue weighted by atomic mass is 10.2. The number of aromatic nitrogens is 1. The molecule has 1 fully saturated rings. The summed E-state index contributed by atoms with van der Waals surface area (Å²) in [4.78, 5) is 14.2. The minimum absolute atomic E-state index is 0.727. The first-order valence-corrected chi connectivity index (χ1v) is 11.0. The van der Waals surface area contributed by atoms with Gasteiger partial charge in [0.2, 0.25) is 0 Å². The second kappa shape index (κ2) is 9.42. The van der Waals surface area contributed by atoms with Crippen LogP contribution in [0.3, 0.4) is 0 Å². The topological polar surface area (TPSA) is 40.5 Å². The number of thiazole rings is 1. The van der Waals surface area contributed by atoms with E-state index in [4.69, 9.17) is 0 Å². The number of guanidine groups is 1. The Balaban J connectivity index is 1.43. The third-order valence-corrected chi connectivity index (χ3v) is 7.04. The molecule has 4 nitrogen and oxygen atoms in total. The van der Waals surface area contributed by atoms with Crippen LogP contribution in [-0.4, -0.2) is 48.3 Å². The predicted molar refractivity (Wildman–Crippen MR) is 113 cm³/mol. The number of aliphatic imine (C=N–C) groups is 1. The molecule has 0 spiro atoms. The molecule has 0 amide bonds. The number of nitrogens with one attached hydrogen (secondary N) is 1. The molecule has 3 rings (SSSR count). The highest BCUT2D eigenvalue weighted by Gasteiger charge is 2.24. The first-order valence-electron chi connectivity index (χ1n) is 9.22. The molecule has 1 aromatic carbocycles. The van der Waals surface area contributed by atoms with Crippen LogP contribution in [0.15, 0.2) is 40.2 Å². The summed E-state index contributed by atoms with van der Waals surface area (Å²) in [5.41, 5.74) is 1.17. The molecule has 0 radical (unpaired) electrons. The lowest BCUT2D eigenvalue weighted by Gasteiger charge is -2.21. The van der Waals surface area contributed by atoms with E-state index >= 15 is 0 Å². The van der Waals surface area contributed by atoms with E-state index in [9.17, 15) is 0 Å². The van der Waals surface area contributed by atoms with Gasteiger partial charge in [-0.1, -0.05) is 18.2 Å². The number of aryl methyl sites for hydroxylation is 2. The number of nitrogens with zero attached hydrogens (tertiary/aromatic N) is 3. The highest BCUT2D eigenvalue weighted by Crippen LogP contribution is 2.26. The Morgan fingerprint density at radius 1 is 1.35 bits per heavy atom. The fraction of sp³-hybridized carbons (Fsp3) is 0.500. The number of hydrogen-bond donors (Lipinski definition) is 1. The first-order chi connectivity index (χ1) is 12.7. The Bertz CT molecular complexity index is 727. The number of likely N-dealkylation sites (tertiary alicyclic amines) is 1. The van der Waals surface area contributed by atoms with Crippen molar-refractivity contribution in [2.24, 2.45) is 10.9 Å². The summed E-state index contributed by atoms with van der Waals surface area (Å²) in [5.74, 6) is 2.94.